The summed E-state index contributed by atoms with van der Waals surface area (Å²) in [6.07, 6.45) is 0. The Balaban J connectivity index is 1.79. The summed E-state index contributed by atoms with van der Waals surface area (Å²) in [5.41, 5.74) is 1.37. The summed E-state index contributed by atoms with van der Waals surface area (Å²) >= 11 is 1.34. The number of benzene rings is 2. The highest BCUT2D eigenvalue weighted by atomic mass is 32.1. The molecule has 0 fully saturated rings. The average molecular weight is 450 g/mol. The summed E-state index contributed by atoms with van der Waals surface area (Å²) in [6, 6.07) is 9.97. The summed E-state index contributed by atoms with van der Waals surface area (Å²) in [7, 11) is 0. The molecule has 0 aliphatic carbocycles. The predicted molar refractivity (Wildman–Crippen MR) is 120 cm³/mol. The smallest absolute Gasteiger partial charge is 0.297 e. The van der Waals surface area contributed by atoms with Gasteiger partial charge in [0.05, 0.1) is 29.3 Å². The summed E-state index contributed by atoms with van der Waals surface area (Å²) < 4.78 is 25.6. The molecule has 2 aromatic heterocycles. The molecular weight excluding hydrogens is 431 g/mol. The standard InChI is InChI=1S/C24H19FN2O4S/c1-4-30-16-8-9-17-18(11-16)31-22-19(21(17)28)20(14-6-5-7-15(25)10-14)27(23(22)29)24-26-12(2)13(3)32-24/h5-11,20H,4H2,1-3H3. The van der Waals surface area contributed by atoms with Crippen LogP contribution in [0.25, 0.3) is 11.0 Å². The highest BCUT2D eigenvalue weighted by molar-refractivity contribution is 7.15. The molecule has 1 unspecified atom stereocenters. The number of carbonyl (C=O) groups excluding carboxylic acids is 1. The van der Waals surface area contributed by atoms with E-state index in [2.05, 4.69) is 4.98 Å². The van der Waals surface area contributed by atoms with Gasteiger partial charge >= 0.3 is 0 Å². The largest absolute Gasteiger partial charge is 0.494 e. The number of amides is 1. The zero-order valence-corrected chi connectivity index (χ0v) is 18.5. The lowest BCUT2D eigenvalue weighted by Gasteiger charge is -2.22. The first-order valence-electron chi connectivity index (χ1n) is 10.2. The molecule has 4 aromatic rings. The van der Waals surface area contributed by atoms with Crippen LogP contribution in [-0.2, 0) is 0 Å². The highest BCUT2D eigenvalue weighted by Gasteiger charge is 2.45. The number of fused-ring (bicyclic) bond motifs is 2. The van der Waals surface area contributed by atoms with Gasteiger partial charge in [-0.05, 0) is 50.6 Å². The van der Waals surface area contributed by atoms with Crippen LogP contribution in [0.5, 0.6) is 5.75 Å². The monoisotopic (exact) mass is 450 g/mol. The molecule has 1 aliphatic rings. The molecule has 6 nitrogen and oxygen atoms in total. The van der Waals surface area contributed by atoms with Gasteiger partial charge in [-0.2, -0.15) is 0 Å². The molecule has 0 saturated heterocycles. The predicted octanol–water partition coefficient (Wildman–Crippen LogP) is 5.15. The molecule has 0 saturated carbocycles. The molecule has 1 aliphatic heterocycles. The van der Waals surface area contributed by atoms with E-state index in [1.165, 1.54) is 28.4 Å². The van der Waals surface area contributed by atoms with Crippen molar-refractivity contribution in [2.75, 3.05) is 11.5 Å². The molecule has 2 aromatic carbocycles. The van der Waals surface area contributed by atoms with Gasteiger partial charge in [0.2, 0.25) is 5.76 Å². The average Bonchev–Trinajstić information content (AvgIpc) is 3.24. The number of thiazole rings is 1. The Morgan fingerprint density at radius 1 is 1.19 bits per heavy atom. The Bertz CT molecular complexity index is 1420. The number of carbonyl (C=O) groups is 1. The van der Waals surface area contributed by atoms with Crippen molar-refractivity contribution in [3.05, 3.63) is 86.0 Å². The molecule has 32 heavy (non-hydrogen) atoms. The lowest BCUT2D eigenvalue weighted by molar-refractivity contribution is 0.0971. The van der Waals surface area contributed by atoms with Gasteiger partial charge in [0, 0.05) is 10.9 Å². The molecule has 0 spiro atoms. The highest BCUT2D eigenvalue weighted by Crippen LogP contribution is 2.43. The van der Waals surface area contributed by atoms with Crippen molar-refractivity contribution in [1.82, 2.24) is 4.98 Å². The van der Waals surface area contributed by atoms with Crippen molar-refractivity contribution < 1.29 is 18.3 Å². The molecule has 0 radical (unpaired) electrons. The van der Waals surface area contributed by atoms with Gasteiger partial charge in [-0.1, -0.05) is 12.1 Å². The second-order valence-corrected chi connectivity index (χ2v) is 8.72. The second kappa shape index (κ2) is 7.56. The van der Waals surface area contributed by atoms with Gasteiger partial charge in [-0.25, -0.2) is 9.37 Å². The van der Waals surface area contributed by atoms with Crippen molar-refractivity contribution >= 4 is 33.3 Å². The van der Waals surface area contributed by atoms with Gasteiger partial charge in [-0.15, -0.1) is 11.3 Å². The van der Waals surface area contributed by atoms with Gasteiger partial charge in [-0.3, -0.25) is 14.5 Å². The van der Waals surface area contributed by atoms with E-state index in [-0.39, 0.29) is 22.3 Å². The Hall–Kier alpha value is -3.52. The maximum Gasteiger partial charge on any atom is 0.297 e. The van der Waals surface area contributed by atoms with E-state index in [0.717, 1.165) is 10.6 Å². The lowest BCUT2D eigenvalue weighted by atomic mass is 9.98. The molecule has 162 valence electrons. The van der Waals surface area contributed by atoms with E-state index in [4.69, 9.17) is 9.15 Å². The number of aromatic nitrogens is 1. The minimum Gasteiger partial charge on any atom is -0.494 e. The minimum atomic E-state index is -0.842. The fraction of sp³-hybridized carbons (Fsp3) is 0.208. The zero-order chi connectivity index (χ0) is 22.6. The van der Waals surface area contributed by atoms with Crippen LogP contribution in [0.3, 0.4) is 0 Å². The normalized spacial score (nSPS) is 15.4. The quantitative estimate of drug-likeness (QED) is 0.430. The van der Waals surface area contributed by atoms with Crippen molar-refractivity contribution in [3.63, 3.8) is 0 Å². The molecule has 5 rings (SSSR count). The summed E-state index contributed by atoms with van der Waals surface area (Å²) in [4.78, 5) is 34.0. The molecule has 1 amide bonds. The second-order valence-electron chi connectivity index (χ2n) is 7.54. The van der Waals surface area contributed by atoms with Gasteiger partial charge in [0.25, 0.3) is 5.91 Å². The number of rotatable bonds is 4. The van der Waals surface area contributed by atoms with Gasteiger partial charge in [0.15, 0.2) is 10.6 Å². The van der Waals surface area contributed by atoms with Crippen LogP contribution in [-0.4, -0.2) is 17.5 Å². The summed E-state index contributed by atoms with van der Waals surface area (Å²) in [5, 5.41) is 0.763. The topological polar surface area (TPSA) is 72.6 Å². The van der Waals surface area contributed by atoms with Crippen molar-refractivity contribution in [3.8, 4) is 5.75 Å². The number of anilines is 1. The number of hydrogen-bond acceptors (Lipinski definition) is 6. The fourth-order valence-electron chi connectivity index (χ4n) is 3.96. The first-order valence-corrected chi connectivity index (χ1v) is 11.0. The zero-order valence-electron chi connectivity index (χ0n) is 17.6. The van der Waals surface area contributed by atoms with Crippen molar-refractivity contribution in [2.45, 2.75) is 26.8 Å². The van der Waals surface area contributed by atoms with E-state index in [1.807, 2.05) is 20.8 Å². The van der Waals surface area contributed by atoms with E-state index in [9.17, 15) is 14.0 Å². The Kier molecular flexibility index (Phi) is 4.82. The van der Waals surface area contributed by atoms with Crippen molar-refractivity contribution in [2.24, 2.45) is 0 Å². The summed E-state index contributed by atoms with van der Waals surface area (Å²) in [5.74, 6) is -0.459. The third kappa shape index (κ3) is 3.10. The molecule has 0 bridgehead atoms. The molecule has 3 heterocycles. The summed E-state index contributed by atoms with van der Waals surface area (Å²) in [6.45, 7) is 6.07. The Labute approximate surface area is 186 Å². The van der Waals surface area contributed by atoms with Gasteiger partial charge < -0.3 is 9.15 Å². The van der Waals surface area contributed by atoms with E-state index < -0.39 is 17.8 Å². The number of hydrogen-bond donors (Lipinski definition) is 0. The molecule has 0 N–H and O–H groups in total. The number of nitrogens with zero attached hydrogens (tertiary/aromatic N) is 2. The van der Waals surface area contributed by atoms with Crippen LogP contribution in [0.15, 0.2) is 51.7 Å². The first-order chi connectivity index (χ1) is 15.4. The third-order valence-electron chi connectivity index (χ3n) is 5.54. The molecule has 8 heteroatoms. The first kappa shape index (κ1) is 20.4. The van der Waals surface area contributed by atoms with E-state index >= 15 is 0 Å². The maximum atomic E-state index is 14.1. The van der Waals surface area contributed by atoms with Crippen molar-refractivity contribution in [1.29, 1.82) is 0 Å². The van der Waals surface area contributed by atoms with Crippen LogP contribution in [0.4, 0.5) is 9.52 Å². The lowest BCUT2D eigenvalue weighted by Crippen LogP contribution is -2.29. The Morgan fingerprint density at radius 2 is 2.00 bits per heavy atom. The fourth-order valence-corrected chi connectivity index (χ4v) is 4.89. The van der Waals surface area contributed by atoms with E-state index in [1.54, 1.807) is 30.3 Å². The maximum absolute atomic E-state index is 14.1. The van der Waals surface area contributed by atoms with E-state index in [0.29, 0.717) is 28.4 Å². The van der Waals surface area contributed by atoms with Crippen LogP contribution in [0, 0.1) is 19.7 Å². The Morgan fingerprint density at radius 3 is 2.69 bits per heavy atom. The number of halogens is 1. The van der Waals surface area contributed by atoms with Gasteiger partial charge in [0.1, 0.15) is 17.1 Å². The third-order valence-corrected chi connectivity index (χ3v) is 6.61. The SMILES string of the molecule is CCOc1ccc2c(=O)c3c(oc2c1)C(=O)N(c1nc(C)c(C)s1)C3c1cccc(F)c1. The van der Waals surface area contributed by atoms with Crippen LogP contribution >= 0.6 is 11.3 Å². The molecule has 1 atom stereocenters. The number of ether oxygens (including phenoxy) is 1. The number of aryl methyl sites for hydroxylation is 2. The minimum absolute atomic E-state index is 0.0593. The van der Waals surface area contributed by atoms with Crippen LogP contribution in [0.1, 0.15) is 45.2 Å². The van der Waals surface area contributed by atoms with Crippen LogP contribution < -0.4 is 15.1 Å². The van der Waals surface area contributed by atoms with Crippen LogP contribution in [0.2, 0.25) is 0 Å². The molecular formula is C24H19FN2O4S.